The van der Waals surface area contributed by atoms with Gasteiger partial charge in [0.15, 0.2) is 0 Å². The minimum atomic E-state index is -0.128. The Hall–Kier alpha value is -0.580. The van der Waals surface area contributed by atoms with E-state index in [1.807, 2.05) is 6.92 Å². The summed E-state index contributed by atoms with van der Waals surface area (Å²) in [5.74, 6) is 1.72. The first-order chi connectivity index (χ1) is 9.97. The Morgan fingerprint density at radius 2 is 2.10 bits per heavy atom. The Morgan fingerprint density at radius 1 is 1.43 bits per heavy atom. The molecule has 1 saturated carbocycles. The van der Waals surface area contributed by atoms with Crippen LogP contribution in [-0.2, 0) is 4.79 Å². The second-order valence-corrected chi connectivity index (χ2v) is 7.68. The number of nitrogens with two attached hydrogens (primary N) is 1. The number of thioether (sulfide) groups is 1. The molecule has 1 aliphatic carbocycles. The lowest BCUT2D eigenvalue weighted by Gasteiger charge is -2.16. The molecule has 116 valence electrons. The van der Waals surface area contributed by atoms with Crippen molar-refractivity contribution in [2.75, 3.05) is 16.8 Å². The second-order valence-electron chi connectivity index (χ2n) is 5.47. The number of hydrogen-bond donors (Lipinski definition) is 2. The number of nitrogen functional groups attached to an aromatic ring is 1. The topological polar surface area (TPSA) is 55.1 Å². The highest BCUT2D eigenvalue weighted by Gasteiger charge is 2.20. The first-order valence-corrected chi connectivity index (χ1v) is 8.95. The van der Waals surface area contributed by atoms with E-state index in [0.29, 0.717) is 21.4 Å². The lowest BCUT2D eigenvalue weighted by atomic mass is 10.1. The maximum atomic E-state index is 12.2. The summed E-state index contributed by atoms with van der Waals surface area (Å²) in [6, 6.07) is 3.16. The van der Waals surface area contributed by atoms with E-state index in [2.05, 4.69) is 5.32 Å². The predicted molar refractivity (Wildman–Crippen MR) is 93.4 cm³/mol. The fourth-order valence-electron chi connectivity index (χ4n) is 2.48. The summed E-state index contributed by atoms with van der Waals surface area (Å²) in [7, 11) is 0. The Morgan fingerprint density at radius 3 is 2.71 bits per heavy atom. The molecule has 1 fully saturated rings. The fourth-order valence-corrected chi connectivity index (χ4v) is 4.14. The van der Waals surface area contributed by atoms with E-state index in [1.54, 1.807) is 23.9 Å². The van der Waals surface area contributed by atoms with Crippen molar-refractivity contribution in [3.63, 3.8) is 0 Å². The standard InChI is InChI=1S/C15H20Cl2N2OS/c1-9(21-8-10-4-2-3-5-10)15(20)19-14-12(17)6-11(16)7-13(14)18/h6-7,9-10H,2-5,8,18H2,1H3,(H,19,20). The number of carbonyl (C=O) groups excluding carboxylic acids is 1. The van der Waals surface area contributed by atoms with Crippen molar-refractivity contribution in [2.45, 2.75) is 37.9 Å². The highest BCUT2D eigenvalue weighted by Crippen LogP contribution is 2.33. The van der Waals surface area contributed by atoms with Crippen molar-refractivity contribution in [1.29, 1.82) is 0 Å². The van der Waals surface area contributed by atoms with Crippen molar-refractivity contribution >= 4 is 52.2 Å². The number of halogens is 2. The number of benzene rings is 1. The van der Waals surface area contributed by atoms with E-state index in [0.717, 1.165) is 11.7 Å². The van der Waals surface area contributed by atoms with Crippen LogP contribution in [0, 0.1) is 5.92 Å². The van der Waals surface area contributed by atoms with E-state index in [1.165, 1.54) is 25.7 Å². The number of carbonyl (C=O) groups is 1. The summed E-state index contributed by atoms with van der Waals surface area (Å²) in [5, 5.41) is 3.50. The maximum absolute atomic E-state index is 12.2. The summed E-state index contributed by atoms with van der Waals surface area (Å²) in [5.41, 5.74) is 6.68. The summed E-state index contributed by atoms with van der Waals surface area (Å²) in [6.07, 6.45) is 5.22. The van der Waals surface area contributed by atoms with Gasteiger partial charge in [-0.15, -0.1) is 11.8 Å². The van der Waals surface area contributed by atoms with E-state index in [-0.39, 0.29) is 11.2 Å². The number of amides is 1. The zero-order valence-corrected chi connectivity index (χ0v) is 14.3. The molecule has 1 amide bonds. The minimum absolute atomic E-state index is 0.0751. The quantitative estimate of drug-likeness (QED) is 0.751. The normalized spacial score (nSPS) is 16.9. The molecule has 2 rings (SSSR count). The molecule has 0 heterocycles. The molecule has 1 aromatic rings. The number of anilines is 2. The van der Waals surface area contributed by atoms with Gasteiger partial charge in [0.1, 0.15) is 0 Å². The molecular formula is C15H20Cl2N2OS. The molecule has 0 aliphatic heterocycles. The van der Waals surface area contributed by atoms with E-state index in [9.17, 15) is 4.79 Å². The van der Waals surface area contributed by atoms with Crippen molar-refractivity contribution in [3.05, 3.63) is 22.2 Å². The van der Waals surface area contributed by atoms with Gasteiger partial charge in [-0.3, -0.25) is 4.79 Å². The minimum Gasteiger partial charge on any atom is -0.397 e. The average molecular weight is 347 g/mol. The van der Waals surface area contributed by atoms with Gasteiger partial charge in [0, 0.05) is 5.02 Å². The largest absolute Gasteiger partial charge is 0.397 e. The highest BCUT2D eigenvalue weighted by molar-refractivity contribution is 8.00. The van der Waals surface area contributed by atoms with Crippen LogP contribution >= 0.6 is 35.0 Å². The molecule has 21 heavy (non-hydrogen) atoms. The van der Waals surface area contributed by atoms with Crippen LogP contribution in [0.2, 0.25) is 10.0 Å². The lowest BCUT2D eigenvalue weighted by Crippen LogP contribution is -2.24. The molecule has 0 spiro atoms. The summed E-state index contributed by atoms with van der Waals surface area (Å²) in [6.45, 7) is 1.91. The van der Waals surface area contributed by atoms with E-state index in [4.69, 9.17) is 28.9 Å². The molecule has 3 N–H and O–H groups in total. The van der Waals surface area contributed by atoms with Crippen LogP contribution in [0.1, 0.15) is 32.6 Å². The zero-order valence-electron chi connectivity index (χ0n) is 12.0. The predicted octanol–water partition coefficient (Wildman–Crippen LogP) is 4.83. The molecule has 0 saturated heterocycles. The molecule has 1 atom stereocenters. The van der Waals surface area contributed by atoms with Gasteiger partial charge >= 0.3 is 0 Å². The molecule has 1 aliphatic rings. The van der Waals surface area contributed by atoms with Gasteiger partial charge in [0.05, 0.1) is 21.6 Å². The van der Waals surface area contributed by atoms with Crippen molar-refractivity contribution in [2.24, 2.45) is 5.92 Å². The molecule has 1 aromatic carbocycles. The van der Waals surface area contributed by atoms with Crippen molar-refractivity contribution in [3.8, 4) is 0 Å². The second kappa shape index (κ2) is 7.61. The molecule has 0 aromatic heterocycles. The zero-order chi connectivity index (χ0) is 15.4. The third kappa shape index (κ3) is 4.70. The highest BCUT2D eigenvalue weighted by atomic mass is 35.5. The Bertz CT molecular complexity index is 495. The Kier molecular flexibility index (Phi) is 6.08. The van der Waals surface area contributed by atoms with Crippen molar-refractivity contribution in [1.82, 2.24) is 0 Å². The molecule has 0 radical (unpaired) electrons. The van der Waals surface area contributed by atoms with Gasteiger partial charge in [-0.2, -0.15) is 0 Å². The third-order valence-corrected chi connectivity index (χ3v) is 5.65. The Labute approximate surface area is 139 Å². The fraction of sp³-hybridized carbons (Fsp3) is 0.533. The van der Waals surface area contributed by atoms with Crippen LogP contribution in [0.4, 0.5) is 11.4 Å². The maximum Gasteiger partial charge on any atom is 0.237 e. The van der Waals surface area contributed by atoms with Crippen LogP contribution in [0.3, 0.4) is 0 Å². The molecule has 6 heteroatoms. The third-order valence-electron chi connectivity index (χ3n) is 3.76. The molecule has 3 nitrogen and oxygen atoms in total. The number of rotatable bonds is 5. The smallest absolute Gasteiger partial charge is 0.237 e. The van der Waals surface area contributed by atoms with E-state index < -0.39 is 0 Å². The van der Waals surface area contributed by atoms with Crippen LogP contribution in [-0.4, -0.2) is 16.9 Å². The molecular weight excluding hydrogens is 327 g/mol. The van der Waals surface area contributed by atoms with Crippen LogP contribution in [0.25, 0.3) is 0 Å². The van der Waals surface area contributed by atoms with Gasteiger partial charge in [-0.1, -0.05) is 36.0 Å². The van der Waals surface area contributed by atoms with Gasteiger partial charge in [-0.25, -0.2) is 0 Å². The van der Waals surface area contributed by atoms with Crippen LogP contribution in [0.15, 0.2) is 12.1 Å². The van der Waals surface area contributed by atoms with Gasteiger partial charge < -0.3 is 11.1 Å². The summed E-state index contributed by atoms with van der Waals surface area (Å²) < 4.78 is 0. The van der Waals surface area contributed by atoms with E-state index >= 15 is 0 Å². The number of hydrogen-bond acceptors (Lipinski definition) is 3. The summed E-state index contributed by atoms with van der Waals surface area (Å²) in [4.78, 5) is 12.2. The van der Waals surface area contributed by atoms with Crippen LogP contribution < -0.4 is 11.1 Å². The lowest BCUT2D eigenvalue weighted by molar-refractivity contribution is -0.115. The molecule has 0 bridgehead atoms. The molecule has 1 unspecified atom stereocenters. The SMILES string of the molecule is CC(SCC1CCCC1)C(=O)Nc1c(N)cc(Cl)cc1Cl. The first kappa shape index (κ1) is 16.8. The average Bonchev–Trinajstić information content (AvgIpc) is 2.93. The van der Waals surface area contributed by atoms with Gasteiger partial charge in [0.2, 0.25) is 5.91 Å². The van der Waals surface area contributed by atoms with Crippen molar-refractivity contribution < 1.29 is 4.79 Å². The number of nitrogens with one attached hydrogen (secondary N) is 1. The van der Waals surface area contributed by atoms with Crippen LogP contribution in [0.5, 0.6) is 0 Å². The van der Waals surface area contributed by atoms with Gasteiger partial charge in [0.25, 0.3) is 0 Å². The Balaban J connectivity index is 1.91. The monoisotopic (exact) mass is 346 g/mol. The van der Waals surface area contributed by atoms with Gasteiger partial charge in [-0.05, 0) is 43.6 Å². The first-order valence-electron chi connectivity index (χ1n) is 7.14. The summed E-state index contributed by atoms with van der Waals surface area (Å²) >= 11 is 13.6.